The fraction of sp³-hybridized carbons (Fsp3) is 0.920. The number of hydrogen-bond acceptors (Lipinski definition) is 2. The van der Waals surface area contributed by atoms with E-state index in [2.05, 4.69) is 13.8 Å². The van der Waals surface area contributed by atoms with Crippen molar-refractivity contribution in [1.29, 1.82) is 0 Å². The van der Waals surface area contributed by atoms with Gasteiger partial charge in [-0.05, 0) is 12.8 Å². The van der Waals surface area contributed by atoms with E-state index < -0.39 is 17.4 Å². The summed E-state index contributed by atoms with van der Waals surface area (Å²) in [5, 5.41) is 19.3. The van der Waals surface area contributed by atoms with Gasteiger partial charge in [0.2, 0.25) is 0 Å². The SMILES string of the molecule is CCCCCCCCCCCCC(CCCCCCCCCC)(C(=O)O)C(=O)O.[H-].[Li+]. The van der Waals surface area contributed by atoms with Crippen molar-refractivity contribution >= 4 is 11.9 Å². The Kier molecular flexibility index (Phi) is 23.0. The summed E-state index contributed by atoms with van der Waals surface area (Å²) < 4.78 is 0. The Morgan fingerprint density at radius 2 is 0.767 bits per heavy atom. The third kappa shape index (κ3) is 15.4. The molecule has 0 aromatic rings. The molecule has 0 saturated carbocycles. The Hall–Kier alpha value is -0.463. The van der Waals surface area contributed by atoms with Crippen LogP contribution in [0, 0.1) is 5.41 Å². The predicted octanol–water partition coefficient (Wildman–Crippen LogP) is 5.10. The molecule has 0 heterocycles. The number of carboxylic acids is 2. The van der Waals surface area contributed by atoms with Crippen LogP contribution in [0.4, 0.5) is 0 Å². The van der Waals surface area contributed by atoms with Crippen LogP contribution in [-0.4, -0.2) is 22.2 Å². The third-order valence-corrected chi connectivity index (χ3v) is 6.23. The van der Waals surface area contributed by atoms with Crippen LogP contribution in [-0.2, 0) is 9.59 Å². The molecule has 30 heavy (non-hydrogen) atoms. The molecule has 0 aliphatic carbocycles. The van der Waals surface area contributed by atoms with Crippen LogP contribution in [0.3, 0.4) is 0 Å². The van der Waals surface area contributed by atoms with Gasteiger partial charge in [0.15, 0.2) is 5.41 Å². The maximum atomic E-state index is 11.8. The summed E-state index contributed by atoms with van der Waals surface area (Å²) >= 11 is 0. The molecule has 0 fully saturated rings. The first-order valence-corrected chi connectivity index (χ1v) is 12.5. The van der Waals surface area contributed by atoms with Gasteiger partial charge in [-0.25, -0.2) is 0 Å². The van der Waals surface area contributed by atoms with Gasteiger partial charge in [0, 0.05) is 0 Å². The van der Waals surface area contributed by atoms with E-state index in [0.717, 1.165) is 25.7 Å². The Bertz CT molecular complexity index is 404. The topological polar surface area (TPSA) is 74.6 Å². The molecule has 0 aromatic carbocycles. The van der Waals surface area contributed by atoms with E-state index >= 15 is 0 Å². The largest absolute Gasteiger partial charge is 1.00 e. The van der Waals surface area contributed by atoms with Gasteiger partial charge in [0.1, 0.15) is 0 Å². The molecule has 0 unspecified atom stereocenters. The Labute approximate surface area is 199 Å². The van der Waals surface area contributed by atoms with Crippen molar-refractivity contribution in [2.75, 3.05) is 0 Å². The van der Waals surface area contributed by atoms with Crippen LogP contribution in [0.25, 0.3) is 0 Å². The van der Waals surface area contributed by atoms with Crippen molar-refractivity contribution < 1.29 is 40.1 Å². The molecule has 174 valence electrons. The van der Waals surface area contributed by atoms with Crippen molar-refractivity contribution in [1.82, 2.24) is 0 Å². The van der Waals surface area contributed by atoms with Crippen LogP contribution in [0.2, 0.25) is 0 Å². The van der Waals surface area contributed by atoms with Gasteiger partial charge >= 0.3 is 30.8 Å². The normalized spacial score (nSPS) is 11.3. The third-order valence-electron chi connectivity index (χ3n) is 6.23. The molecule has 0 aliphatic rings. The van der Waals surface area contributed by atoms with E-state index in [1.807, 2.05) is 0 Å². The fourth-order valence-electron chi connectivity index (χ4n) is 4.12. The molecule has 0 spiro atoms. The van der Waals surface area contributed by atoms with Crippen LogP contribution in [0.15, 0.2) is 0 Å². The van der Waals surface area contributed by atoms with Crippen LogP contribution in [0.5, 0.6) is 0 Å². The van der Waals surface area contributed by atoms with E-state index in [1.165, 1.54) is 77.0 Å². The molecule has 0 atom stereocenters. The van der Waals surface area contributed by atoms with Crippen molar-refractivity contribution in [2.45, 2.75) is 142 Å². The zero-order chi connectivity index (χ0) is 21.8. The number of unbranched alkanes of at least 4 members (excludes halogenated alkanes) is 16. The van der Waals surface area contributed by atoms with Crippen LogP contribution < -0.4 is 18.9 Å². The van der Waals surface area contributed by atoms with Gasteiger partial charge in [0.05, 0.1) is 0 Å². The van der Waals surface area contributed by atoms with Gasteiger partial charge in [-0.15, -0.1) is 0 Å². The maximum Gasteiger partial charge on any atom is 1.00 e. The molecule has 0 rings (SSSR count). The minimum Gasteiger partial charge on any atom is -1.00 e. The second kappa shape index (κ2) is 21.8. The average Bonchev–Trinajstić information content (AvgIpc) is 2.69. The van der Waals surface area contributed by atoms with Crippen molar-refractivity contribution in [3.05, 3.63) is 0 Å². The summed E-state index contributed by atoms with van der Waals surface area (Å²) in [6.45, 7) is 4.43. The van der Waals surface area contributed by atoms with Gasteiger partial charge < -0.3 is 11.6 Å². The number of hydrogen-bond donors (Lipinski definition) is 2. The van der Waals surface area contributed by atoms with E-state index in [9.17, 15) is 19.8 Å². The van der Waals surface area contributed by atoms with Crippen molar-refractivity contribution in [2.24, 2.45) is 5.41 Å². The number of aliphatic carboxylic acids is 2. The Morgan fingerprint density at radius 1 is 0.533 bits per heavy atom. The number of carboxylic acid groups (broad SMARTS) is 2. The standard InChI is InChI=1S/C25H48O4.Li.H/c1-3-5-7-9-11-13-14-16-18-20-22-25(23(26)27,24(28)29)21-19-17-15-12-10-8-6-4-2;;/h3-22H2,1-2H3,(H,26,27)(H,28,29);;/q;+1;-1. The molecule has 2 N–H and O–H groups in total. The summed E-state index contributed by atoms with van der Waals surface area (Å²) in [5.41, 5.74) is -1.58. The van der Waals surface area contributed by atoms with E-state index in [0.29, 0.717) is 12.8 Å². The quantitative estimate of drug-likeness (QED) is 0.145. The number of rotatable bonds is 22. The first-order valence-electron chi connectivity index (χ1n) is 12.5. The monoisotopic (exact) mass is 420 g/mol. The van der Waals surface area contributed by atoms with Crippen LogP contribution in [0.1, 0.15) is 144 Å². The first kappa shape index (κ1) is 31.7. The maximum absolute atomic E-state index is 11.8. The average molecular weight is 421 g/mol. The van der Waals surface area contributed by atoms with Crippen molar-refractivity contribution in [3.63, 3.8) is 0 Å². The summed E-state index contributed by atoms with van der Waals surface area (Å²) in [6.07, 6.45) is 21.1. The first-order chi connectivity index (χ1) is 14.0. The van der Waals surface area contributed by atoms with Gasteiger partial charge in [-0.1, -0.05) is 129 Å². The molecule has 0 amide bonds. The molecule has 0 bridgehead atoms. The van der Waals surface area contributed by atoms with E-state index in [4.69, 9.17) is 0 Å². The molecule has 0 aromatic heterocycles. The Balaban J connectivity index is -0.00000392. The Morgan fingerprint density at radius 3 is 1.00 bits per heavy atom. The zero-order valence-electron chi connectivity index (χ0n) is 21.4. The fourth-order valence-corrected chi connectivity index (χ4v) is 4.12. The second-order valence-corrected chi connectivity index (χ2v) is 8.85. The molecule has 0 saturated heterocycles. The number of carbonyl (C=O) groups is 2. The van der Waals surface area contributed by atoms with E-state index in [-0.39, 0.29) is 33.1 Å². The van der Waals surface area contributed by atoms with Gasteiger partial charge in [-0.3, -0.25) is 9.59 Å². The van der Waals surface area contributed by atoms with Crippen LogP contribution >= 0.6 is 0 Å². The van der Waals surface area contributed by atoms with Gasteiger partial charge in [-0.2, -0.15) is 0 Å². The molecular weight excluding hydrogens is 371 g/mol. The molecular formula is C25H49LiO4. The molecule has 4 nitrogen and oxygen atoms in total. The summed E-state index contributed by atoms with van der Waals surface area (Å²) in [4.78, 5) is 23.6. The summed E-state index contributed by atoms with van der Waals surface area (Å²) in [6, 6.07) is 0. The van der Waals surface area contributed by atoms with Crippen molar-refractivity contribution in [3.8, 4) is 0 Å². The molecule has 0 radical (unpaired) electrons. The minimum absolute atomic E-state index is 0. The van der Waals surface area contributed by atoms with Gasteiger partial charge in [0.25, 0.3) is 0 Å². The summed E-state index contributed by atoms with van der Waals surface area (Å²) in [5.74, 6) is -2.30. The zero-order valence-corrected chi connectivity index (χ0v) is 20.4. The molecule has 5 heteroatoms. The molecule has 0 aliphatic heterocycles. The predicted molar refractivity (Wildman–Crippen MR) is 123 cm³/mol. The van der Waals surface area contributed by atoms with E-state index in [1.54, 1.807) is 0 Å². The smallest absolute Gasteiger partial charge is 1.00 e. The minimum atomic E-state index is -1.58. The second-order valence-electron chi connectivity index (χ2n) is 8.85. The summed E-state index contributed by atoms with van der Waals surface area (Å²) in [7, 11) is 0.